The third-order valence-electron chi connectivity index (χ3n) is 4.41. The first-order valence-electron chi connectivity index (χ1n) is 8.45. The second kappa shape index (κ2) is 7.52. The van der Waals surface area contributed by atoms with Gasteiger partial charge in [-0.25, -0.2) is 0 Å². The Kier molecular flexibility index (Phi) is 5.66. The molecule has 1 amide bonds. The summed E-state index contributed by atoms with van der Waals surface area (Å²) in [6, 6.07) is 10.1. The molecular formula is C21H27NO2. The highest BCUT2D eigenvalue weighted by molar-refractivity contribution is 5.95. The SMILES string of the molecule is CC[C@@H](Oc1cccc(C)c1C)C(=O)Nc1c(C)cc(C)cc1C. The molecule has 0 aliphatic rings. The number of carbonyl (C=O) groups is 1. The van der Waals surface area contributed by atoms with E-state index in [1.165, 1.54) is 5.56 Å². The van der Waals surface area contributed by atoms with Gasteiger partial charge in [0.2, 0.25) is 0 Å². The van der Waals surface area contributed by atoms with Gasteiger partial charge in [0, 0.05) is 5.69 Å². The molecule has 1 atom stereocenters. The van der Waals surface area contributed by atoms with Crippen molar-refractivity contribution in [1.29, 1.82) is 0 Å². The first-order valence-corrected chi connectivity index (χ1v) is 8.45. The highest BCUT2D eigenvalue weighted by Crippen LogP contribution is 2.25. The van der Waals surface area contributed by atoms with E-state index in [1.807, 2.05) is 52.8 Å². The van der Waals surface area contributed by atoms with Crippen LogP contribution in [-0.4, -0.2) is 12.0 Å². The molecule has 0 aromatic heterocycles. The number of hydrogen-bond donors (Lipinski definition) is 1. The van der Waals surface area contributed by atoms with Crippen molar-refractivity contribution in [3.8, 4) is 5.75 Å². The molecule has 0 bridgehead atoms. The molecule has 0 radical (unpaired) electrons. The Morgan fingerprint density at radius 1 is 1.04 bits per heavy atom. The summed E-state index contributed by atoms with van der Waals surface area (Å²) >= 11 is 0. The Labute approximate surface area is 145 Å². The lowest BCUT2D eigenvalue weighted by Crippen LogP contribution is -2.33. The zero-order valence-corrected chi connectivity index (χ0v) is 15.5. The molecule has 2 aromatic rings. The summed E-state index contributed by atoms with van der Waals surface area (Å²) in [5.41, 5.74) is 6.46. The monoisotopic (exact) mass is 325 g/mol. The highest BCUT2D eigenvalue weighted by atomic mass is 16.5. The van der Waals surface area contributed by atoms with E-state index in [9.17, 15) is 4.79 Å². The molecule has 0 heterocycles. The molecule has 0 unspecified atom stereocenters. The lowest BCUT2D eigenvalue weighted by Gasteiger charge is -2.21. The number of aryl methyl sites for hydroxylation is 4. The second-order valence-corrected chi connectivity index (χ2v) is 6.48. The van der Waals surface area contributed by atoms with E-state index in [1.54, 1.807) is 0 Å². The van der Waals surface area contributed by atoms with Crippen LogP contribution in [0.4, 0.5) is 5.69 Å². The fraction of sp³-hybridized carbons (Fsp3) is 0.381. The maximum Gasteiger partial charge on any atom is 0.265 e. The van der Waals surface area contributed by atoms with E-state index in [0.29, 0.717) is 6.42 Å². The highest BCUT2D eigenvalue weighted by Gasteiger charge is 2.21. The molecule has 128 valence electrons. The average molecular weight is 325 g/mol. The van der Waals surface area contributed by atoms with Crippen LogP contribution < -0.4 is 10.1 Å². The van der Waals surface area contributed by atoms with Crippen LogP contribution in [-0.2, 0) is 4.79 Å². The van der Waals surface area contributed by atoms with Crippen molar-refractivity contribution in [1.82, 2.24) is 0 Å². The minimum absolute atomic E-state index is 0.103. The van der Waals surface area contributed by atoms with Crippen molar-refractivity contribution in [2.24, 2.45) is 0 Å². The van der Waals surface area contributed by atoms with Gasteiger partial charge in [-0.1, -0.05) is 36.8 Å². The van der Waals surface area contributed by atoms with Gasteiger partial charge in [-0.05, 0) is 69.4 Å². The van der Waals surface area contributed by atoms with Crippen LogP contribution in [0.1, 0.15) is 41.2 Å². The Bertz CT molecular complexity index is 726. The molecule has 3 nitrogen and oxygen atoms in total. The summed E-state index contributed by atoms with van der Waals surface area (Å²) < 4.78 is 6.00. The van der Waals surface area contributed by atoms with E-state index < -0.39 is 6.10 Å². The number of amides is 1. The van der Waals surface area contributed by atoms with Crippen LogP contribution in [0.2, 0.25) is 0 Å². The largest absolute Gasteiger partial charge is 0.480 e. The third-order valence-corrected chi connectivity index (χ3v) is 4.41. The van der Waals surface area contributed by atoms with Gasteiger partial charge >= 0.3 is 0 Å². The summed E-state index contributed by atoms with van der Waals surface area (Å²) in [6.07, 6.45) is 0.106. The Balaban J connectivity index is 2.19. The molecule has 0 saturated heterocycles. The van der Waals surface area contributed by atoms with Gasteiger partial charge in [0.1, 0.15) is 5.75 Å². The van der Waals surface area contributed by atoms with Crippen LogP contribution in [0.25, 0.3) is 0 Å². The fourth-order valence-corrected chi connectivity index (χ4v) is 2.91. The van der Waals surface area contributed by atoms with Crippen molar-refractivity contribution in [2.45, 2.75) is 54.1 Å². The van der Waals surface area contributed by atoms with Crippen molar-refractivity contribution in [3.63, 3.8) is 0 Å². The van der Waals surface area contributed by atoms with Crippen LogP contribution in [0.15, 0.2) is 30.3 Å². The van der Waals surface area contributed by atoms with E-state index in [-0.39, 0.29) is 5.91 Å². The smallest absolute Gasteiger partial charge is 0.265 e. The number of carbonyl (C=O) groups excluding carboxylic acids is 1. The van der Waals surface area contributed by atoms with E-state index in [0.717, 1.165) is 33.7 Å². The average Bonchev–Trinajstić information content (AvgIpc) is 2.52. The van der Waals surface area contributed by atoms with Gasteiger partial charge in [-0.3, -0.25) is 4.79 Å². The van der Waals surface area contributed by atoms with Gasteiger partial charge < -0.3 is 10.1 Å². The molecule has 3 heteroatoms. The minimum atomic E-state index is -0.509. The maximum atomic E-state index is 12.7. The summed E-state index contributed by atoms with van der Waals surface area (Å²) in [7, 11) is 0. The molecule has 24 heavy (non-hydrogen) atoms. The molecule has 0 spiro atoms. The summed E-state index contributed by atoms with van der Waals surface area (Å²) in [5, 5.41) is 3.05. The second-order valence-electron chi connectivity index (χ2n) is 6.48. The van der Waals surface area contributed by atoms with E-state index >= 15 is 0 Å². The molecule has 1 N–H and O–H groups in total. The maximum absolute atomic E-state index is 12.7. The molecule has 0 saturated carbocycles. The molecule has 0 aliphatic heterocycles. The normalized spacial score (nSPS) is 11.9. The standard InChI is InChI=1S/C21H27NO2/c1-7-18(24-19-10-8-9-14(3)17(19)6)21(23)22-20-15(4)11-13(2)12-16(20)5/h8-12,18H,7H2,1-6H3,(H,22,23)/t18-/m1/s1. The number of ether oxygens (including phenoxy) is 1. The molecule has 0 aliphatic carbocycles. The van der Waals surface area contributed by atoms with Gasteiger partial charge in [0.15, 0.2) is 6.10 Å². The lowest BCUT2D eigenvalue weighted by atomic mass is 10.0. The first kappa shape index (κ1) is 18.1. The van der Waals surface area contributed by atoms with Crippen LogP contribution in [0, 0.1) is 34.6 Å². The van der Waals surface area contributed by atoms with Crippen molar-refractivity contribution >= 4 is 11.6 Å². The lowest BCUT2D eigenvalue weighted by molar-refractivity contribution is -0.122. The van der Waals surface area contributed by atoms with Gasteiger partial charge in [0.25, 0.3) is 5.91 Å². The summed E-state index contributed by atoms with van der Waals surface area (Å²) in [6.45, 7) is 12.1. The molecule has 2 aromatic carbocycles. The molecule has 2 rings (SSSR count). The summed E-state index contributed by atoms with van der Waals surface area (Å²) in [4.78, 5) is 12.7. The minimum Gasteiger partial charge on any atom is -0.480 e. The van der Waals surface area contributed by atoms with Gasteiger partial charge in [-0.15, -0.1) is 0 Å². The fourth-order valence-electron chi connectivity index (χ4n) is 2.91. The van der Waals surface area contributed by atoms with E-state index in [2.05, 4.69) is 24.4 Å². The zero-order valence-electron chi connectivity index (χ0n) is 15.5. The summed E-state index contributed by atoms with van der Waals surface area (Å²) in [5.74, 6) is 0.669. The Morgan fingerprint density at radius 2 is 1.67 bits per heavy atom. The predicted molar refractivity (Wildman–Crippen MR) is 99.9 cm³/mol. The Morgan fingerprint density at radius 3 is 2.25 bits per heavy atom. The zero-order chi connectivity index (χ0) is 17.9. The number of anilines is 1. The predicted octanol–water partition coefficient (Wildman–Crippen LogP) is 5.02. The quantitative estimate of drug-likeness (QED) is 0.838. The first-order chi connectivity index (χ1) is 11.3. The van der Waals surface area contributed by atoms with E-state index in [4.69, 9.17) is 4.74 Å². The van der Waals surface area contributed by atoms with Crippen LogP contribution in [0.3, 0.4) is 0 Å². The van der Waals surface area contributed by atoms with Crippen molar-refractivity contribution in [3.05, 3.63) is 58.1 Å². The number of benzene rings is 2. The number of rotatable bonds is 5. The van der Waals surface area contributed by atoms with Crippen LogP contribution in [0.5, 0.6) is 5.75 Å². The Hall–Kier alpha value is -2.29. The number of hydrogen-bond acceptors (Lipinski definition) is 2. The number of nitrogens with one attached hydrogen (secondary N) is 1. The van der Waals surface area contributed by atoms with Gasteiger partial charge in [0.05, 0.1) is 0 Å². The van der Waals surface area contributed by atoms with Crippen molar-refractivity contribution in [2.75, 3.05) is 5.32 Å². The van der Waals surface area contributed by atoms with Crippen LogP contribution >= 0.6 is 0 Å². The third kappa shape index (κ3) is 3.97. The van der Waals surface area contributed by atoms with Gasteiger partial charge in [-0.2, -0.15) is 0 Å². The topological polar surface area (TPSA) is 38.3 Å². The molecule has 0 fully saturated rings. The van der Waals surface area contributed by atoms with Crippen molar-refractivity contribution < 1.29 is 9.53 Å². The molecular weight excluding hydrogens is 298 g/mol.